The number of anilines is 2. The van der Waals surface area contributed by atoms with Gasteiger partial charge in [0.15, 0.2) is 6.29 Å². The predicted octanol–water partition coefficient (Wildman–Crippen LogP) is 8.16. The number of carbonyl (C=O) groups is 1. The van der Waals surface area contributed by atoms with Crippen LogP contribution in [0.5, 0.6) is 11.5 Å². The summed E-state index contributed by atoms with van der Waals surface area (Å²) < 4.78 is 98.7. The number of ether oxygens (including phenoxy) is 2. The van der Waals surface area contributed by atoms with Crippen molar-refractivity contribution < 1.29 is 50.7 Å². The first-order chi connectivity index (χ1) is 34.6. The average Bonchev–Trinajstić information content (AvgIpc) is 4.20. The molecule has 24 heteroatoms. The molecule has 8 aromatic rings. The second-order valence-electron chi connectivity index (χ2n) is 16.2. The summed E-state index contributed by atoms with van der Waals surface area (Å²) >= 11 is 3.37. The van der Waals surface area contributed by atoms with Crippen LogP contribution in [0.25, 0.3) is 32.1 Å². The molecule has 6 heterocycles. The SMILES string of the molecule is O=Cc1c(F)cc(B(O)O)cc1F.[C-]#[N+]c1cn2c(NCc3c(F)ccc4c3CCO4)ncc(-c3cc(F)c(CN(C)C)c(F)c3)c2n1.[C-]#[N+]c1cn2c(NCc3c(F)ccc4c3CCO4)ncc(Br)c2n1. The highest BCUT2D eigenvalue weighted by Gasteiger charge is 2.24. The first-order valence-corrected chi connectivity index (χ1v) is 22.3. The van der Waals surface area contributed by atoms with Gasteiger partial charge in [-0.3, -0.25) is 13.6 Å². The molecule has 16 nitrogen and oxygen atoms in total. The smallest absolute Gasteiger partial charge is 0.488 e. The summed E-state index contributed by atoms with van der Waals surface area (Å²) in [5.74, 6) is -1.65. The van der Waals surface area contributed by atoms with E-state index < -0.39 is 36.0 Å². The number of fused-ring (bicyclic) bond motifs is 4. The Balaban J connectivity index is 0.000000161. The standard InChI is InChI=1S/C25H21F3N6O.C16H11BrFN5O.C7H5BF2O3/c1-29-23-13-34-24(32-23)16(14-8-20(27)18(12-33(2)3)21(28)9-14)10-30-25(34)31-11-17-15-6-7-35-22(15)5-4-19(17)26;1-19-14-8-23-15(22-14)11(17)7-21-16(23)20-6-10-9-4-5-24-13(9)3-2-12(10)18;9-6-1-4(8(12)13)2-7(10)5(6)3-11/h4-5,8-10,13H,6-7,11-12H2,2-3H3,(H,30,31);2-3,7-8H,4-6H2,(H,20,21);1-3,12-13H. The summed E-state index contributed by atoms with van der Waals surface area (Å²) in [5.41, 5.74) is 3.16. The summed E-state index contributed by atoms with van der Waals surface area (Å²) in [6.07, 6.45) is 7.44. The summed E-state index contributed by atoms with van der Waals surface area (Å²) in [6.45, 7) is 16.0. The number of imidazole rings is 2. The number of benzene rings is 4. The van der Waals surface area contributed by atoms with Crippen molar-refractivity contribution in [2.75, 3.05) is 37.9 Å². The van der Waals surface area contributed by atoms with E-state index >= 15 is 0 Å². The first kappa shape index (κ1) is 50.4. The third-order valence-corrected chi connectivity index (χ3v) is 11.9. The number of hydrogen-bond acceptors (Lipinski definition) is 12. The van der Waals surface area contributed by atoms with Crippen molar-refractivity contribution in [3.63, 3.8) is 0 Å². The predicted molar refractivity (Wildman–Crippen MR) is 256 cm³/mol. The summed E-state index contributed by atoms with van der Waals surface area (Å²) in [4.78, 5) is 35.7. The normalized spacial score (nSPS) is 12.1. The van der Waals surface area contributed by atoms with E-state index in [1.807, 2.05) is 0 Å². The lowest BCUT2D eigenvalue weighted by Gasteiger charge is -2.14. The average molecular weight is 1050 g/mol. The quantitative estimate of drug-likeness (QED) is 0.0425. The van der Waals surface area contributed by atoms with Gasteiger partial charge in [-0.2, -0.15) is 0 Å². The third kappa shape index (κ3) is 10.5. The van der Waals surface area contributed by atoms with Gasteiger partial charge in [-0.1, -0.05) is 23.1 Å². The first-order valence-electron chi connectivity index (χ1n) is 21.5. The van der Waals surface area contributed by atoms with Gasteiger partial charge in [-0.25, -0.2) is 36.3 Å². The van der Waals surface area contributed by atoms with Crippen molar-refractivity contribution in [2.24, 2.45) is 0 Å². The molecular formula is C48H37BBrF6N11O5. The maximum absolute atomic E-state index is 14.7. The zero-order chi connectivity index (χ0) is 51.4. The Labute approximate surface area is 414 Å². The van der Waals surface area contributed by atoms with Crippen molar-refractivity contribution in [1.29, 1.82) is 0 Å². The third-order valence-electron chi connectivity index (χ3n) is 11.3. The Morgan fingerprint density at radius 3 is 1.72 bits per heavy atom. The van der Waals surface area contributed by atoms with E-state index in [0.717, 1.165) is 16.9 Å². The summed E-state index contributed by atoms with van der Waals surface area (Å²) in [6, 6.07) is 9.92. The molecule has 4 aromatic heterocycles. The molecule has 366 valence electrons. The molecule has 10 rings (SSSR count). The van der Waals surface area contributed by atoms with E-state index in [1.54, 1.807) is 47.9 Å². The summed E-state index contributed by atoms with van der Waals surface area (Å²) in [7, 11) is 1.50. The van der Waals surface area contributed by atoms with Crippen LogP contribution in [0, 0.1) is 48.0 Å². The highest BCUT2D eigenvalue weighted by atomic mass is 79.9. The minimum absolute atomic E-state index is 0.0260. The molecule has 2 aliphatic rings. The van der Waals surface area contributed by atoms with E-state index in [-0.39, 0.29) is 65.8 Å². The Bertz CT molecular complexity index is 3450. The van der Waals surface area contributed by atoms with Crippen LogP contribution in [0.2, 0.25) is 0 Å². The Kier molecular flexibility index (Phi) is 15.1. The minimum Gasteiger partial charge on any atom is -0.493 e. The molecule has 2 aliphatic heterocycles. The molecule has 4 aromatic carbocycles. The second kappa shape index (κ2) is 21.5. The van der Waals surface area contributed by atoms with E-state index in [4.69, 9.17) is 32.7 Å². The zero-order valence-electron chi connectivity index (χ0n) is 37.8. The monoisotopic (exact) mass is 1050 g/mol. The molecule has 4 N–H and O–H groups in total. The number of halogens is 7. The molecule has 0 bridgehead atoms. The van der Waals surface area contributed by atoms with Gasteiger partial charge in [0.1, 0.15) is 50.9 Å². The number of carbonyl (C=O) groups excluding carboxylic acids is 1. The number of hydrogen-bond donors (Lipinski definition) is 4. The van der Waals surface area contributed by atoms with Gasteiger partial charge in [-0.05, 0) is 89.6 Å². The van der Waals surface area contributed by atoms with Gasteiger partial charge in [0.2, 0.25) is 23.2 Å². The lowest BCUT2D eigenvalue weighted by Crippen LogP contribution is -2.31. The molecule has 0 spiro atoms. The lowest BCUT2D eigenvalue weighted by atomic mass is 9.80. The molecule has 0 saturated carbocycles. The second-order valence-corrected chi connectivity index (χ2v) is 17.0. The van der Waals surface area contributed by atoms with Crippen LogP contribution in [-0.2, 0) is 32.5 Å². The topological polar surface area (TPSA) is 172 Å². The van der Waals surface area contributed by atoms with Crippen molar-refractivity contribution in [2.45, 2.75) is 32.5 Å². The molecule has 72 heavy (non-hydrogen) atoms. The largest absolute Gasteiger partial charge is 0.493 e. The summed E-state index contributed by atoms with van der Waals surface area (Å²) in [5, 5.41) is 23.4. The van der Waals surface area contributed by atoms with Gasteiger partial charge < -0.3 is 44.7 Å². The molecule has 0 unspecified atom stereocenters. The van der Waals surface area contributed by atoms with E-state index in [2.05, 4.69) is 56.2 Å². The zero-order valence-corrected chi connectivity index (χ0v) is 39.4. The van der Waals surface area contributed by atoms with Gasteiger partial charge >= 0.3 is 7.12 Å². The molecule has 0 amide bonds. The van der Waals surface area contributed by atoms with Crippen LogP contribution in [0.4, 0.5) is 49.9 Å². The number of aldehydes is 1. The molecule has 0 radical (unpaired) electrons. The van der Waals surface area contributed by atoms with Crippen molar-refractivity contribution in [1.82, 2.24) is 33.6 Å². The van der Waals surface area contributed by atoms with Crippen LogP contribution in [0.1, 0.15) is 38.2 Å². The number of rotatable bonds is 11. The number of nitrogens with zero attached hydrogens (tertiary/aromatic N) is 9. The minimum atomic E-state index is -1.95. The van der Waals surface area contributed by atoms with Crippen LogP contribution in [-0.4, -0.2) is 84.4 Å². The van der Waals surface area contributed by atoms with Crippen LogP contribution < -0.4 is 25.6 Å². The van der Waals surface area contributed by atoms with Crippen molar-refractivity contribution >= 4 is 69.6 Å². The van der Waals surface area contributed by atoms with E-state index in [1.165, 1.54) is 41.1 Å². The molecule has 0 fully saturated rings. The Hall–Kier alpha value is -8.03. The number of aromatic nitrogens is 6. The van der Waals surface area contributed by atoms with Gasteiger partial charge in [-0.15, -0.1) is 0 Å². The van der Waals surface area contributed by atoms with Crippen LogP contribution >= 0.6 is 15.9 Å². The van der Waals surface area contributed by atoms with Crippen LogP contribution in [0.3, 0.4) is 0 Å². The van der Waals surface area contributed by atoms with Gasteiger partial charge in [0.05, 0.1) is 30.5 Å². The molecule has 0 saturated heterocycles. The Morgan fingerprint density at radius 1 is 0.736 bits per heavy atom. The highest BCUT2D eigenvalue weighted by Crippen LogP contribution is 2.34. The Morgan fingerprint density at radius 2 is 1.24 bits per heavy atom. The maximum atomic E-state index is 14.7. The van der Waals surface area contributed by atoms with Gasteiger partial charge in [0, 0.05) is 78.9 Å². The van der Waals surface area contributed by atoms with Crippen molar-refractivity contribution in [3.8, 4) is 22.6 Å². The van der Waals surface area contributed by atoms with E-state index in [9.17, 15) is 31.1 Å². The number of nitrogens with one attached hydrogen (secondary N) is 2. The molecule has 0 atom stereocenters. The van der Waals surface area contributed by atoms with Crippen LogP contribution in [0.15, 0.2) is 77.8 Å². The van der Waals surface area contributed by atoms with Crippen molar-refractivity contribution in [3.05, 3.63) is 169 Å². The highest BCUT2D eigenvalue weighted by molar-refractivity contribution is 9.10. The fourth-order valence-corrected chi connectivity index (χ4v) is 8.29. The fraction of sp³-hybridized carbons (Fsp3) is 0.188. The molecular weight excluding hydrogens is 1020 g/mol. The van der Waals surface area contributed by atoms with E-state index in [0.29, 0.717) is 88.3 Å². The fourth-order valence-electron chi connectivity index (χ4n) is 7.91. The maximum Gasteiger partial charge on any atom is 0.488 e. The lowest BCUT2D eigenvalue weighted by molar-refractivity contribution is 0.111. The van der Waals surface area contributed by atoms with Gasteiger partial charge in [0.25, 0.3) is 11.6 Å². The molecule has 0 aliphatic carbocycles.